The first-order valence-corrected chi connectivity index (χ1v) is 12.2. The Kier molecular flexibility index (Phi) is 8.61. The van der Waals surface area contributed by atoms with Crippen molar-refractivity contribution in [2.45, 2.75) is 24.2 Å². The van der Waals surface area contributed by atoms with Crippen molar-refractivity contribution in [3.05, 3.63) is 54.1 Å². The topological polar surface area (TPSA) is 131 Å². The number of carbonyl (C=O) groups is 3. The number of piperidine rings is 1. The molecule has 3 rings (SSSR count). The van der Waals surface area contributed by atoms with Crippen LogP contribution in [0.15, 0.2) is 53.4 Å². The van der Waals surface area contributed by atoms with Gasteiger partial charge in [-0.2, -0.15) is 4.31 Å². The van der Waals surface area contributed by atoms with Gasteiger partial charge in [-0.1, -0.05) is 24.6 Å². The Morgan fingerprint density at radius 1 is 1.00 bits per heavy atom. The predicted molar refractivity (Wildman–Crippen MR) is 124 cm³/mol. The molecule has 0 unspecified atom stereocenters. The predicted octanol–water partition coefficient (Wildman–Crippen LogP) is 1.78. The zero-order valence-corrected chi connectivity index (χ0v) is 19.6. The van der Waals surface area contributed by atoms with E-state index in [0.717, 1.165) is 19.3 Å². The minimum absolute atomic E-state index is 0.0334. The molecule has 2 aromatic carbocycles. The molecule has 1 aliphatic rings. The molecule has 182 valence electrons. The molecule has 0 bridgehead atoms. The molecule has 0 aliphatic carbocycles. The fourth-order valence-corrected chi connectivity index (χ4v) is 4.97. The van der Waals surface area contributed by atoms with Gasteiger partial charge in [0.15, 0.2) is 6.61 Å². The SMILES string of the molecule is COc1ccc(S(=O)(=O)N2CCCCC2)cc1NC(=O)COC(=O)CNC(=O)c1ccccc1. The van der Waals surface area contributed by atoms with Gasteiger partial charge in [-0.3, -0.25) is 14.4 Å². The van der Waals surface area contributed by atoms with E-state index in [1.807, 2.05) is 0 Å². The maximum Gasteiger partial charge on any atom is 0.325 e. The van der Waals surface area contributed by atoms with Gasteiger partial charge in [0.2, 0.25) is 10.0 Å². The smallest absolute Gasteiger partial charge is 0.325 e. The van der Waals surface area contributed by atoms with Gasteiger partial charge in [0.05, 0.1) is 17.7 Å². The van der Waals surface area contributed by atoms with Gasteiger partial charge >= 0.3 is 5.97 Å². The zero-order valence-electron chi connectivity index (χ0n) is 18.8. The monoisotopic (exact) mass is 489 g/mol. The lowest BCUT2D eigenvalue weighted by atomic mass is 10.2. The molecule has 1 fully saturated rings. The Hall–Kier alpha value is -3.44. The molecule has 2 amide bonds. The minimum Gasteiger partial charge on any atom is -0.495 e. The summed E-state index contributed by atoms with van der Waals surface area (Å²) in [4.78, 5) is 36.2. The van der Waals surface area contributed by atoms with E-state index < -0.39 is 41.0 Å². The average molecular weight is 490 g/mol. The highest BCUT2D eigenvalue weighted by Crippen LogP contribution is 2.30. The number of amides is 2. The highest BCUT2D eigenvalue weighted by atomic mass is 32.2. The lowest BCUT2D eigenvalue weighted by Gasteiger charge is -2.26. The molecule has 2 aromatic rings. The van der Waals surface area contributed by atoms with Crippen LogP contribution < -0.4 is 15.4 Å². The highest BCUT2D eigenvalue weighted by Gasteiger charge is 2.27. The van der Waals surface area contributed by atoms with Gasteiger partial charge in [-0.25, -0.2) is 8.42 Å². The van der Waals surface area contributed by atoms with Gasteiger partial charge in [0.25, 0.3) is 11.8 Å². The normalized spacial score (nSPS) is 14.1. The lowest BCUT2D eigenvalue weighted by molar-refractivity contribution is -0.146. The first-order chi connectivity index (χ1) is 16.3. The maximum absolute atomic E-state index is 12.9. The number of sulfonamides is 1. The molecule has 0 spiro atoms. The number of benzene rings is 2. The summed E-state index contributed by atoms with van der Waals surface area (Å²) in [5, 5.41) is 4.92. The highest BCUT2D eigenvalue weighted by molar-refractivity contribution is 7.89. The second kappa shape index (κ2) is 11.6. The van der Waals surface area contributed by atoms with E-state index in [-0.39, 0.29) is 16.3 Å². The Morgan fingerprint density at radius 2 is 1.71 bits per heavy atom. The van der Waals surface area contributed by atoms with Crippen molar-refractivity contribution >= 4 is 33.5 Å². The summed E-state index contributed by atoms with van der Waals surface area (Å²) in [5.41, 5.74) is 0.526. The van der Waals surface area contributed by atoms with Crippen LogP contribution in [0.4, 0.5) is 5.69 Å². The second-order valence-corrected chi connectivity index (χ2v) is 9.52. The molecule has 2 N–H and O–H groups in total. The van der Waals surface area contributed by atoms with E-state index in [9.17, 15) is 22.8 Å². The molecule has 11 heteroatoms. The zero-order chi connectivity index (χ0) is 24.6. The lowest BCUT2D eigenvalue weighted by Crippen LogP contribution is -2.35. The van der Waals surface area contributed by atoms with E-state index in [1.54, 1.807) is 30.3 Å². The average Bonchev–Trinajstić information content (AvgIpc) is 2.87. The number of nitrogens with zero attached hydrogens (tertiary/aromatic N) is 1. The third kappa shape index (κ3) is 6.55. The van der Waals surface area contributed by atoms with E-state index in [2.05, 4.69) is 10.6 Å². The summed E-state index contributed by atoms with van der Waals surface area (Å²) in [6, 6.07) is 12.5. The number of ether oxygens (including phenoxy) is 2. The van der Waals surface area contributed by atoms with E-state index in [0.29, 0.717) is 18.7 Å². The third-order valence-electron chi connectivity index (χ3n) is 5.19. The van der Waals surface area contributed by atoms with Crippen LogP contribution in [-0.2, 0) is 24.3 Å². The fourth-order valence-electron chi connectivity index (χ4n) is 3.43. The van der Waals surface area contributed by atoms with Crippen molar-refractivity contribution < 1.29 is 32.3 Å². The van der Waals surface area contributed by atoms with Crippen LogP contribution in [0.2, 0.25) is 0 Å². The molecule has 1 heterocycles. The van der Waals surface area contributed by atoms with Crippen LogP contribution in [0.5, 0.6) is 5.75 Å². The minimum atomic E-state index is -3.71. The Bertz CT molecular complexity index is 1130. The van der Waals surface area contributed by atoms with Crippen LogP contribution in [0.25, 0.3) is 0 Å². The molecule has 10 nitrogen and oxygen atoms in total. The number of hydrogen-bond donors (Lipinski definition) is 2. The Labute approximate surface area is 198 Å². The van der Waals surface area contributed by atoms with Crippen LogP contribution in [0.1, 0.15) is 29.6 Å². The molecule has 0 radical (unpaired) electrons. The van der Waals surface area contributed by atoms with Crippen LogP contribution in [0, 0.1) is 0 Å². The molecule has 0 saturated carbocycles. The summed E-state index contributed by atoms with van der Waals surface area (Å²) in [6.07, 6.45) is 2.59. The number of anilines is 1. The van der Waals surface area contributed by atoms with Gasteiger partial charge in [0.1, 0.15) is 12.3 Å². The maximum atomic E-state index is 12.9. The summed E-state index contributed by atoms with van der Waals surface area (Å²) in [5.74, 6) is -1.67. The number of esters is 1. The second-order valence-electron chi connectivity index (χ2n) is 7.58. The molecule has 1 aliphatic heterocycles. The van der Waals surface area contributed by atoms with Crippen molar-refractivity contribution in [2.75, 3.05) is 38.7 Å². The van der Waals surface area contributed by atoms with Gasteiger partial charge in [0, 0.05) is 18.7 Å². The summed E-state index contributed by atoms with van der Waals surface area (Å²) in [7, 11) is -2.32. The quantitative estimate of drug-likeness (QED) is 0.513. The fraction of sp³-hybridized carbons (Fsp3) is 0.348. The van der Waals surface area contributed by atoms with E-state index in [4.69, 9.17) is 9.47 Å². The van der Waals surface area contributed by atoms with Crippen molar-refractivity contribution in [1.29, 1.82) is 0 Å². The third-order valence-corrected chi connectivity index (χ3v) is 7.09. The summed E-state index contributed by atoms with van der Waals surface area (Å²) < 4.78 is 37.4. The van der Waals surface area contributed by atoms with Gasteiger partial charge < -0.3 is 20.1 Å². The number of methoxy groups -OCH3 is 1. The molecule has 0 atom stereocenters. The summed E-state index contributed by atoms with van der Waals surface area (Å²) >= 11 is 0. The number of rotatable bonds is 9. The van der Waals surface area contributed by atoms with Crippen LogP contribution in [-0.4, -0.2) is 63.9 Å². The van der Waals surface area contributed by atoms with Crippen molar-refractivity contribution in [2.24, 2.45) is 0 Å². The van der Waals surface area contributed by atoms with Crippen LogP contribution in [0.3, 0.4) is 0 Å². The largest absolute Gasteiger partial charge is 0.495 e. The standard InChI is InChI=1S/C23H27N3O7S/c1-32-20-11-10-18(34(30,31)26-12-6-3-7-13-26)14-19(20)25-21(27)16-33-22(28)15-24-23(29)17-8-4-2-5-9-17/h2,4-5,8-11,14H,3,6-7,12-13,15-16H2,1H3,(H,24,29)(H,25,27). The molecule has 34 heavy (non-hydrogen) atoms. The first-order valence-electron chi connectivity index (χ1n) is 10.8. The number of carbonyl (C=O) groups excluding carboxylic acids is 3. The Morgan fingerprint density at radius 3 is 2.38 bits per heavy atom. The number of nitrogens with one attached hydrogen (secondary N) is 2. The van der Waals surface area contributed by atoms with Crippen LogP contribution >= 0.6 is 0 Å². The van der Waals surface area contributed by atoms with Crippen molar-refractivity contribution in [3.8, 4) is 5.75 Å². The van der Waals surface area contributed by atoms with E-state index in [1.165, 1.54) is 29.6 Å². The first kappa shape index (κ1) is 25.2. The van der Waals surface area contributed by atoms with Crippen molar-refractivity contribution in [1.82, 2.24) is 9.62 Å². The molecular weight excluding hydrogens is 462 g/mol. The van der Waals surface area contributed by atoms with E-state index >= 15 is 0 Å². The molecule has 0 aromatic heterocycles. The molecular formula is C23H27N3O7S. The number of hydrogen-bond acceptors (Lipinski definition) is 7. The molecule has 1 saturated heterocycles. The van der Waals surface area contributed by atoms with Crippen molar-refractivity contribution in [3.63, 3.8) is 0 Å². The van der Waals surface area contributed by atoms with Gasteiger partial charge in [-0.05, 0) is 43.2 Å². The summed E-state index contributed by atoms with van der Waals surface area (Å²) in [6.45, 7) is -0.125. The Balaban J connectivity index is 1.56. The van der Waals surface area contributed by atoms with Gasteiger partial charge in [-0.15, -0.1) is 0 Å².